The second kappa shape index (κ2) is 39.1. The summed E-state index contributed by atoms with van der Waals surface area (Å²) in [6.07, 6.45) is 5.63. The van der Waals surface area contributed by atoms with E-state index in [0.29, 0.717) is 83.8 Å². The van der Waals surface area contributed by atoms with Gasteiger partial charge >= 0.3 is 5.97 Å². The Hall–Kier alpha value is -5.67. The quantitative estimate of drug-likeness (QED) is 0.0299. The van der Waals surface area contributed by atoms with E-state index in [9.17, 15) is 63.6 Å². The van der Waals surface area contributed by atoms with Crippen LogP contribution in [0.2, 0.25) is 0 Å². The minimum atomic E-state index is -1.37. The third-order valence-corrected chi connectivity index (χ3v) is 16.1. The number of benzene rings is 1. The van der Waals surface area contributed by atoms with E-state index in [1.54, 1.807) is 9.80 Å². The average molecular weight is 1180 g/mol. The molecule has 9 atom stereocenters. The molecular formula is C59H99N12O13-3. The van der Waals surface area contributed by atoms with Crippen LogP contribution in [0.25, 0.3) is 0 Å². The summed E-state index contributed by atoms with van der Waals surface area (Å²) in [6, 6.07) is 4.02. The Kier molecular flexibility index (Phi) is 33.8. The van der Waals surface area contributed by atoms with E-state index in [-0.39, 0.29) is 120 Å². The number of carbonyl (C=O) groups excluding carboxylic acids is 8. The zero-order chi connectivity index (χ0) is 62.3. The van der Waals surface area contributed by atoms with Crippen molar-refractivity contribution >= 4 is 53.3 Å². The molecule has 2 fully saturated rings. The highest BCUT2D eigenvalue weighted by Gasteiger charge is 2.39. The molecule has 11 N–H and O–H groups in total. The van der Waals surface area contributed by atoms with Crippen molar-refractivity contribution < 1.29 is 63.6 Å². The van der Waals surface area contributed by atoms with Crippen LogP contribution in [0, 0.1) is 17.8 Å². The van der Waals surface area contributed by atoms with Crippen LogP contribution in [0.3, 0.4) is 0 Å². The summed E-state index contributed by atoms with van der Waals surface area (Å²) in [5, 5.41) is 58.0. The molecule has 1 aromatic carbocycles. The third kappa shape index (κ3) is 26.7. The van der Waals surface area contributed by atoms with Gasteiger partial charge in [-0.15, -0.1) is 0 Å². The van der Waals surface area contributed by atoms with Gasteiger partial charge in [0.25, 0.3) is 0 Å². The Morgan fingerprint density at radius 3 is 1.73 bits per heavy atom. The smallest absolute Gasteiger partial charge is 0.320 e. The molecule has 25 heteroatoms. The number of nitrogens with two attached hydrogens (primary N) is 3. The number of amides is 4. The third-order valence-electron chi connectivity index (χ3n) is 16.1. The van der Waals surface area contributed by atoms with E-state index in [1.807, 2.05) is 65.0 Å². The molecular weight excluding hydrogens is 1080 g/mol. The topological polar surface area (TPSA) is 385 Å². The van der Waals surface area contributed by atoms with Gasteiger partial charge in [-0.3, -0.25) is 48.4 Å². The Labute approximate surface area is 496 Å². The molecule has 4 amide bonds. The molecule has 2 saturated heterocycles. The zero-order valence-corrected chi connectivity index (χ0v) is 50.5. The molecule has 2 aliphatic heterocycles. The van der Waals surface area contributed by atoms with E-state index in [0.717, 1.165) is 5.56 Å². The molecule has 25 nitrogen and oxygen atoms in total. The molecule has 0 aliphatic carbocycles. The first kappa shape index (κ1) is 72.6. The lowest BCUT2D eigenvalue weighted by molar-refractivity contribution is -0.308. The number of carboxylic acids is 4. The average Bonchev–Trinajstić information content (AvgIpc) is 4.10. The standard InChI is InChI=1S/C59H102N12O13/c1-6-41(4)54(66-56(80)45(62)34-40(2)3)50(72)36-44(18-10-12-22-60)55(79)65-46(19-11-13-23-61)58(82)71-25-15-21-48(71)42(5)64-47(35-43-16-8-7-9-17-43)57(81)63-24-14-20-49(59(83)84)70-32-30-68(38-52(75)76)28-26-67(37-51(73)74)27-29-69(31-33-70)39-53(77)78/h7-9,16-17,40-42,44-49,54,64H,6,10-15,18-39,60-62H2,1-5H3,(H,63,81)(H,65,79)(H,66,80)(H,73,74)(H,75,76)(H,77,78)(H,83,84)/p-3/t41-,42?,44+,45-,46-,47?,48-,49?,54-/m0/s1. The number of nitrogens with zero attached hydrogens (tertiary/aromatic N) is 5. The molecule has 476 valence electrons. The van der Waals surface area contributed by atoms with Gasteiger partial charge in [0.2, 0.25) is 23.6 Å². The molecule has 84 heavy (non-hydrogen) atoms. The first-order valence-corrected chi connectivity index (χ1v) is 30.4. The number of ketones is 1. The van der Waals surface area contributed by atoms with E-state index in [2.05, 4.69) is 21.3 Å². The van der Waals surface area contributed by atoms with Crippen molar-refractivity contribution in [2.75, 3.05) is 98.2 Å². The van der Waals surface area contributed by atoms with E-state index in [4.69, 9.17) is 17.2 Å². The molecule has 0 bridgehead atoms. The normalized spacial score (nSPS) is 19.1. The fourth-order valence-electron chi connectivity index (χ4n) is 11.2. The number of nitrogens with one attached hydrogen (secondary N) is 4. The number of likely N-dealkylation sites (tertiary alicyclic amines) is 1. The number of hydrogen-bond acceptors (Lipinski definition) is 20. The monoisotopic (exact) mass is 1180 g/mol. The van der Waals surface area contributed by atoms with Crippen LogP contribution in [0.5, 0.6) is 0 Å². The highest BCUT2D eigenvalue weighted by molar-refractivity contribution is 5.95. The molecule has 0 radical (unpaired) electrons. The maximum atomic E-state index is 14.9. The highest BCUT2D eigenvalue weighted by atomic mass is 16.4. The number of unbranched alkanes of at least 4 members (excludes halogenated alkanes) is 2. The van der Waals surface area contributed by atoms with Crippen LogP contribution >= 0.6 is 0 Å². The van der Waals surface area contributed by atoms with Crippen molar-refractivity contribution in [3.63, 3.8) is 0 Å². The SMILES string of the molecule is CC[C@H](C)[C@H](NC(=O)[C@@H](N)CC(C)C)C(=O)C[C@@H](CCCCN)C(=O)N[C@@H](CCCCN)C(=O)N1CCC[C@H]1C(C)NC(Cc1ccccc1)C(=O)NCCCC(C(=O)O)N1CCN(CC(=O)[O-])CCN(CC(=O)[O-])CCN(CC(=O)[O-])CC1. The van der Waals surface area contributed by atoms with Crippen molar-refractivity contribution in [2.45, 2.75) is 167 Å². The molecule has 0 aromatic heterocycles. The lowest BCUT2D eigenvalue weighted by Gasteiger charge is -2.36. The van der Waals surface area contributed by atoms with Gasteiger partial charge in [-0.05, 0) is 108 Å². The van der Waals surface area contributed by atoms with Crippen molar-refractivity contribution in [1.29, 1.82) is 0 Å². The number of Topliss-reactive ketones (excluding diaryl/α,β-unsaturated/α-hetero) is 1. The van der Waals surface area contributed by atoms with Gasteiger partial charge < -0.3 is 78.2 Å². The fourth-order valence-corrected chi connectivity index (χ4v) is 11.2. The summed E-state index contributed by atoms with van der Waals surface area (Å²) in [5.41, 5.74) is 18.8. The maximum absolute atomic E-state index is 14.9. The van der Waals surface area contributed by atoms with Crippen molar-refractivity contribution in [3.8, 4) is 0 Å². The lowest BCUT2D eigenvalue weighted by Crippen LogP contribution is -2.58. The molecule has 1 aromatic rings. The van der Waals surface area contributed by atoms with Crippen LogP contribution in [0.4, 0.5) is 0 Å². The van der Waals surface area contributed by atoms with Gasteiger partial charge in [-0.1, -0.05) is 70.9 Å². The van der Waals surface area contributed by atoms with Crippen LogP contribution in [-0.2, 0) is 49.6 Å². The van der Waals surface area contributed by atoms with E-state index in [1.165, 1.54) is 14.7 Å². The summed E-state index contributed by atoms with van der Waals surface area (Å²) in [6.45, 7) is 10.1. The number of aliphatic carboxylic acids is 4. The first-order chi connectivity index (χ1) is 40.0. The zero-order valence-electron chi connectivity index (χ0n) is 50.5. The van der Waals surface area contributed by atoms with Crippen LogP contribution in [0.15, 0.2) is 30.3 Å². The summed E-state index contributed by atoms with van der Waals surface area (Å²) < 4.78 is 0. The predicted molar refractivity (Wildman–Crippen MR) is 311 cm³/mol. The fraction of sp³-hybridized carbons (Fsp3) is 0.746. The minimum absolute atomic E-state index is 0.0561. The predicted octanol–water partition coefficient (Wildman–Crippen LogP) is -3.39. The van der Waals surface area contributed by atoms with Gasteiger partial charge in [-0.2, -0.15) is 0 Å². The highest BCUT2D eigenvalue weighted by Crippen LogP contribution is 2.25. The number of carboxylic acid groups (broad SMARTS) is 4. The van der Waals surface area contributed by atoms with Crippen LogP contribution in [0.1, 0.15) is 124 Å². The second-order valence-electron chi connectivity index (χ2n) is 23.3. The lowest BCUT2D eigenvalue weighted by atomic mass is 9.87. The number of carbonyl (C=O) groups is 9. The molecule has 0 saturated carbocycles. The summed E-state index contributed by atoms with van der Waals surface area (Å²) in [7, 11) is 0. The largest absolute Gasteiger partial charge is 0.549 e. The van der Waals surface area contributed by atoms with Gasteiger partial charge in [0, 0.05) is 110 Å². The van der Waals surface area contributed by atoms with Gasteiger partial charge in [-0.25, -0.2) is 0 Å². The first-order valence-electron chi connectivity index (χ1n) is 30.4. The number of rotatable bonds is 38. The maximum Gasteiger partial charge on any atom is 0.320 e. The summed E-state index contributed by atoms with van der Waals surface area (Å²) >= 11 is 0. The number of hydrogen-bond donors (Lipinski definition) is 8. The molecule has 3 unspecified atom stereocenters. The Balaban J connectivity index is 1.82. The molecule has 0 spiro atoms. The summed E-state index contributed by atoms with van der Waals surface area (Å²) in [4.78, 5) is 127. The van der Waals surface area contributed by atoms with Gasteiger partial charge in [0.15, 0.2) is 5.78 Å². The van der Waals surface area contributed by atoms with Crippen LogP contribution < -0.4 is 53.8 Å². The Morgan fingerprint density at radius 2 is 1.21 bits per heavy atom. The molecule has 3 rings (SSSR count). The summed E-state index contributed by atoms with van der Waals surface area (Å²) in [5.74, 6) is -7.98. The van der Waals surface area contributed by atoms with E-state index < -0.39 is 97.5 Å². The van der Waals surface area contributed by atoms with Crippen molar-refractivity contribution in [1.82, 2.24) is 45.8 Å². The van der Waals surface area contributed by atoms with Gasteiger partial charge in [0.1, 0.15) is 12.1 Å². The van der Waals surface area contributed by atoms with Gasteiger partial charge in [0.05, 0.1) is 36.0 Å². The molecule has 2 heterocycles. The van der Waals surface area contributed by atoms with Crippen molar-refractivity contribution in [3.05, 3.63) is 35.9 Å². The van der Waals surface area contributed by atoms with E-state index >= 15 is 0 Å². The Bertz CT molecular complexity index is 2180. The van der Waals surface area contributed by atoms with Crippen LogP contribution in [-0.4, -0.2) is 223 Å². The minimum Gasteiger partial charge on any atom is -0.549 e. The molecule has 2 aliphatic rings. The Morgan fingerprint density at radius 1 is 0.667 bits per heavy atom. The van der Waals surface area contributed by atoms with Crippen molar-refractivity contribution in [2.24, 2.45) is 35.0 Å². The second-order valence-corrected chi connectivity index (χ2v) is 23.3.